The summed E-state index contributed by atoms with van der Waals surface area (Å²) >= 11 is 0. The van der Waals surface area contributed by atoms with Crippen molar-refractivity contribution in [2.75, 3.05) is 0 Å². The maximum atomic E-state index is 12.6. The van der Waals surface area contributed by atoms with Crippen LogP contribution in [0.5, 0.6) is 11.5 Å². The molecule has 0 spiro atoms. The standard InChI is InChI=1S/C23H22N2O8/c26-18-3-1-14(5-16(18)24(30)31)21-7-13-8-22(10-21,12-23(9-13,11-21)20(28)29)15-2-4-19(27)17(6-15)25(32)33/h1-6,13,26-27H,7-12H2,(H,28,29). The number of phenolic OH excluding ortho intramolecular Hbond substituents is 2. The van der Waals surface area contributed by atoms with E-state index in [1.165, 1.54) is 24.3 Å². The van der Waals surface area contributed by atoms with Gasteiger partial charge in [0.1, 0.15) is 0 Å². The van der Waals surface area contributed by atoms with E-state index in [4.69, 9.17) is 0 Å². The molecule has 4 saturated carbocycles. The lowest BCUT2D eigenvalue weighted by molar-refractivity contribution is -0.386. The van der Waals surface area contributed by atoms with Gasteiger partial charge in [0.05, 0.1) is 15.3 Å². The Labute approximate surface area is 187 Å². The topological polar surface area (TPSA) is 164 Å². The number of benzene rings is 2. The fourth-order valence-corrected chi connectivity index (χ4v) is 7.32. The van der Waals surface area contributed by atoms with Gasteiger partial charge in [-0.05, 0) is 78.5 Å². The number of carboxylic acid groups (broad SMARTS) is 1. The van der Waals surface area contributed by atoms with Crippen LogP contribution >= 0.6 is 0 Å². The minimum atomic E-state index is -1.06. The Balaban J connectivity index is 1.70. The predicted octanol–water partition coefficient (Wildman–Crippen LogP) is 4.16. The fourth-order valence-electron chi connectivity index (χ4n) is 7.32. The quantitative estimate of drug-likeness (QED) is 0.448. The number of aromatic hydroxyl groups is 2. The van der Waals surface area contributed by atoms with Crippen LogP contribution in [0.2, 0.25) is 0 Å². The largest absolute Gasteiger partial charge is 0.502 e. The highest BCUT2D eigenvalue weighted by Crippen LogP contribution is 2.70. The summed E-state index contributed by atoms with van der Waals surface area (Å²) in [6.07, 6.45) is 2.92. The van der Waals surface area contributed by atoms with Crippen LogP contribution < -0.4 is 0 Å². The highest BCUT2D eigenvalue weighted by Gasteiger charge is 2.66. The third-order valence-corrected chi connectivity index (χ3v) is 8.09. The number of carboxylic acids is 1. The molecule has 172 valence electrons. The monoisotopic (exact) mass is 454 g/mol. The summed E-state index contributed by atoms with van der Waals surface area (Å²) in [6, 6.07) is 8.47. The van der Waals surface area contributed by atoms with Crippen molar-refractivity contribution in [2.45, 2.75) is 49.4 Å². The van der Waals surface area contributed by atoms with E-state index in [9.17, 15) is 40.3 Å². The average Bonchev–Trinajstić information content (AvgIpc) is 2.72. The van der Waals surface area contributed by atoms with Crippen molar-refractivity contribution in [3.05, 3.63) is 67.8 Å². The van der Waals surface area contributed by atoms with Crippen LogP contribution in [0.1, 0.15) is 49.7 Å². The number of nitrogens with zero attached hydrogens (tertiary/aromatic N) is 2. The van der Waals surface area contributed by atoms with Crippen LogP contribution in [0.15, 0.2) is 36.4 Å². The second kappa shape index (κ2) is 6.66. The Bertz CT molecular complexity index is 1150. The smallest absolute Gasteiger partial charge is 0.310 e. The van der Waals surface area contributed by atoms with Crippen molar-refractivity contribution in [3.63, 3.8) is 0 Å². The summed E-state index contributed by atoms with van der Waals surface area (Å²) in [5.74, 6) is -1.81. The van der Waals surface area contributed by atoms with E-state index >= 15 is 0 Å². The number of hydrogen-bond acceptors (Lipinski definition) is 7. The van der Waals surface area contributed by atoms with Crippen molar-refractivity contribution >= 4 is 17.3 Å². The SMILES string of the molecule is O=C(O)C12CC3CC(c4ccc(O)c([N+](=O)[O-])c4)(C1)CC(c1ccc(O)c([N+](=O)[O-])c1)(C3)C2. The molecule has 10 nitrogen and oxygen atoms in total. The van der Waals surface area contributed by atoms with Gasteiger partial charge in [0.2, 0.25) is 0 Å². The molecular weight excluding hydrogens is 432 g/mol. The summed E-state index contributed by atoms with van der Waals surface area (Å²) in [5, 5.41) is 53.1. The van der Waals surface area contributed by atoms with Crippen LogP contribution in [0.3, 0.4) is 0 Å². The molecule has 33 heavy (non-hydrogen) atoms. The number of phenols is 2. The lowest BCUT2D eigenvalue weighted by atomic mass is 9.37. The molecule has 4 bridgehead atoms. The average molecular weight is 454 g/mol. The molecule has 0 amide bonds. The van der Waals surface area contributed by atoms with E-state index in [0.717, 1.165) is 0 Å². The van der Waals surface area contributed by atoms with Crippen molar-refractivity contribution < 1.29 is 30.0 Å². The first kappa shape index (κ1) is 21.2. The van der Waals surface area contributed by atoms with Crippen LogP contribution in [0.25, 0.3) is 0 Å². The number of aliphatic carboxylic acids is 1. The molecule has 4 fully saturated rings. The summed E-state index contributed by atoms with van der Waals surface area (Å²) in [7, 11) is 0. The fraction of sp³-hybridized carbons (Fsp3) is 0.435. The number of rotatable bonds is 5. The van der Waals surface area contributed by atoms with Gasteiger partial charge in [0, 0.05) is 12.1 Å². The van der Waals surface area contributed by atoms with Gasteiger partial charge in [-0.25, -0.2) is 0 Å². The zero-order chi connectivity index (χ0) is 23.8. The van der Waals surface area contributed by atoms with Crippen LogP contribution in [-0.4, -0.2) is 31.1 Å². The van der Waals surface area contributed by atoms with Gasteiger partial charge < -0.3 is 15.3 Å². The second-order valence-corrected chi connectivity index (χ2v) is 10.1. The van der Waals surface area contributed by atoms with Gasteiger partial charge in [-0.1, -0.05) is 12.1 Å². The van der Waals surface area contributed by atoms with E-state index in [-0.39, 0.29) is 5.92 Å². The molecule has 4 aliphatic rings. The predicted molar refractivity (Wildman–Crippen MR) is 114 cm³/mol. The van der Waals surface area contributed by atoms with Crippen molar-refractivity contribution in [1.82, 2.24) is 0 Å². The van der Waals surface area contributed by atoms with Gasteiger partial charge in [-0.15, -0.1) is 0 Å². The number of nitro groups is 2. The third kappa shape index (κ3) is 2.96. The van der Waals surface area contributed by atoms with Gasteiger partial charge in [-0.3, -0.25) is 25.0 Å². The minimum Gasteiger partial charge on any atom is -0.502 e. The van der Waals surface area contributed by atoms with Crippen LogP contribution in [-0.2, 0) is 15.6 Å². The molecule has 0 heterocycles. The van der Waals surface area contributed by atoms with E-state index in [0.29, 0.717) is 49.7 Å². The molecule has 0 radical (unpaired) electrons. The zero-order valence-electron chi connectivity index (χ0n) is 17.6. The van der Waals surface area contributed by atoms with Crippen LogP contribution in [0.4, 0.5) is 11.4 Å². The number of hydrogen-bond donors (Lipinski definition) is 3. The number of nitro benzene ring substituents is 2. The Morgan fingerprint density at radius 3 is 1.67 bits per heavy atom. The van der Waals surface area contributed by atoms with Crippen molar-refractivity contribution in [2.24, 2.45) is 11.3 Å². The lowest BCUT2D eigenvalue weighted by Gasteiger charge is -2.65. The van der Waals surface area contributed by atoms with E-state index in [2.05, 4.69) is 0 Å². The molecule has 4 aliphatic carbocycles. The summed E-state index contributed by atoms with van der Waals surface area (Å²) < 4.78 is 0. The second-order valence-electron chi connectivity index (χ2n) is 10.1. The summed E-state index contributed by atoms with van der Waals surface area (Å²) in [5.41, 5.74) is -2.05. The van der Waals surface area contributed by atoms with Gasteiger partial charge >= 0.3 is 17.3 Å². The number of carbonyl (C=O) groups is 1. The molecule has 0 saturated heterocycles. The Morgan fingerprint density at radius 1 is 0.818 bits per heavy atom. The molecule has 0 aliphatic heterocycles. The lowest BCUT2D eigenvalue weighted by Crippen LogP contribution is -2.62. The first-order valence-electron chi connectivity index (χ1n) is 10.7. The molecular formula is C23H22N2O8. The minimum absolute atomic E-state index is 0.0260. The maximum absolute atomic E-state index is 12.6. The molecule has 10 heteroatoms. The highest BCUT2D eigenvalue weighted by molar-refractivity contribution is 5.76. The van der Waals surface area contributed by atoms with E-state index in [1.54, 1.807) is 12.1 Å². The van der Waals surface area contributed by atoms with E-state index < -0.39 is 54.9 Å². The molecule has 0 aromatic heterocycles. The van der Waals surface area contributed by atoms with Gasteiger partial charge in [-0.2, -0.15) is 0 Å². The normalized spacial score (nSPS) is 31.9. The molecule has 2 aromatic carbocycles. The Kier molecular flexibility index (Phi) is 4.27. The van der Waals surface area contributed by atoms with Gasteiger partial charge in [0.25, 0.3) is 0 Å². The zero-order valence-corrected chi connectivity index (χ0v) is 17.6. The van der Waals surface area contributed by atoms with Crippen molar-refractivity contribution in [3.8, 4) is 11.5 Å². The maximum Gasteiger partial charge on any atom is 0.310 e. The Morgan fingerprint density at radius 2 is 1.27 bits per heavy atom. The van der Waals surface area contributed by atoms with Crippen molar-refractivity contribution in [1.29, 1.82) is 0 Å². The molecule has 6 rings (SSSR count). The van der Waals surface area contributed by atoms with E-state index in [1.807, 2.05) is 0 Å². The molecule has 2 unspecified atom stereocenters. The Hall–Kier alpha value is -3.69. The summed E-state index contributed by atoms with van der Waals surface area (Å²) in [6.45, 7) is 0. The first-order chi connectivity index (χ1) is 15.5. The third-order valence-electron chi connectivity index (χ3n) is 8.09. The molecule has 2 atom stereocenters. The highest BCUT2D eigenvalue weighted by atomic mass is 16.6. The molecule has 3 N–H and O–H groups in total. The first-order valence-corrected chi connectivity index (χ1v) is 10.7. The van der Waals surface area contributed by atoms with Gasteiger partial charge in [0.15, 0.2) is 11.5 Å². The molecule has 2 aromatic rings. The van der Waals surface area contributed by atoms with Crippen LogP contribution in [0, 0.1) is 31.6 Å². The summed E-state index contributed by atoms with van der Waals surface area (Å²) in [4.78, 5) is 34.1.